The van der Waals surface area contributed by atoms with E-state index >= 15 is 0 Å². The monoisotopic (exact) mass is 175 g/mol. The molecule has 2 rings (SSSR count). The Morgan fingerprint density at radius 2 is 1.77 bits per heavy atom. The molecule has 1 N–H and O–H groups in total. The van der Waals surface area contributed by atoms with Crippen LogP contribution in [0.5, 0.6) is 0 Å². The minimum atomic E-state index is 0.778. The Hall–Kier alpha value is -0.820. The van der Waals surface area contributed by atoms with Crippen molar-refractivity contribution in [2.45, 2.75) is 38.3 Å². The van der Waals surface area contributed by atoms with Crippen molar-refractivity contribution in [3.8, 4) is 0 Å². The van der Waals surface area contributed by atoms with E-state index < -0.39 is 0 Å². The first kappa shape index (κ1) is 8.76. The molecule has 1 aliphatic carbocycles. The lowest BCUT2D eigenvalue weighted by Crippen LogP contribution is -2.25. The third kappa shape index (κ3) is 2.56. The Labute approximate surface area is 80.2 Å². The van der Waals surface area contributed by atoms with Gasteiger partial charge in [-0.15, -0.1) is 0 Å². The highest BCUT2D eigenvalue weighted by Crippen LogP contribution is 2.17. The second kappa shape index (κ2) is 4.43. The summed E-state index contributed by atoms with van der Waals surface area (Å²) in [5, 5.41) is 3.60. The molecule has 1 aromatic carbocycles. The maximum absolute atomic E-state index is 3.60. The molecule has 0 aromatic heterocycles. The normalized spacial score (nSPS) is 17.8. The van der Waals surface area contributed by atoms with Crippen LogP contribution >= 0.6 is 0 Å². The molecule has 0 aliphatic heterocycles. The van der Waals surface area contributed by atoms with Gasteiger partial charge < -0.3 is 5.32 Å². The molecule has 13 heavy (non-hydrogen) atoms. The van der Waals surface area contributed by atoms with Crippen LogP contribution in [0.3, 0.4) is 0 Å². The predicted molar refractivity (Wildman–Crippen MR) is 55.5 cm³/mol. The summed E-state index contributed by atoms with van der Waals surface area (Å²) < 4.78 is 0. The van der Waals surface area contributed by atoms with Crippen LogP contribution in [0.25, 0.3) is 0 Å². The molecule has 0 atom stereocenters. The molecule has 0 unspecified atom stereocenters. The molecular weight excluding hydrogens is 158 g/mol. The zero-order valence-electron chi connectivity index (χ0n) is 8.00. The van der Waals surface area contributed by atoms with Crippen LogP contribution in [-0.4, -0.2) is 6.04 Å². The molecular formula is C12H17N. The van der Waals surface area contributed by atoms with E-state index in [0.717, 1.165) is 12.6 Å². The van der Waals surface area contributed by atoms with Crippen molar-refractivity contribution in [1.82, 2.24) is 5.32 Å². The SMILES string of the molecule is c1ccc(CNC2CCCC2)cc1. The first-order chi connectivity index (χ1) is 6.45. The largest absolute Gasteiger partial charge is 0.310 e. The van der Waals surface area contributed by atoms with E-state index in [-0.39, 0.29) is 0 Å². The maximum atomic E-state index is 3.60. The van der Waals surface area contributed by atoms with Crippen LogP contribution in [0, 0.1) is 0 Å². The van der Waals surface area contributed by atoms with Gasteiger partial charge in [-0.05, 0) is 18.4 Å². The minimum Gasteiger partial charge on any atom is -0.310 e. The number of rotatable bonds is 3. The fraction of sp³-hybridized carbons (Fsp3) is 0.500. The molecule has 1 heteroatoms. The lowest BCUT2D eigenvalue weighted by atomic mass is 10.2. The molecule has 0 heterocycles. The van der Waals surface area contributed by atoms with Gasteiger partial charge >= 0.3 is 0 Å². The van der Waals surface area contributed by atoms with Crippen LogP contribution in [-0.2, 0) is 6.54 Å². The van der Waals surface area contributed by atoms with Crippen molar-refractivity contribution < 1.29 is 0 Å². The average Bonchev–Trinajstić information content (AvgIpc) is 2.69. The van der Waals surface area contributed by atoms with Gasteiger partial charge in [-0.25, -0.2) is 0 Å². The van der Waals surface area contributed by atoms with Gasteiger partial charge in [-0.3, -0.25) is 0 Å². The molecule has 1 saturated carbocycles. The summed E-state index contributed by atoms with van der Waals surface area (Å²) in [5.41, 5.74) is 1.40. The van der Waals surface area contributed by atoms with Crippen LogP contribution in [0.15, 0.2) is 30.3 Å². The van der Waals surface area contributed by atoms with Crippen molar-refractivity contribution in [2.75, 3.05) is 0 Å². The molecule has 1 fully saturated rings. The minimum absolute atomic E-state index is 0.778. The van der Waals surface area contributed by atoms with Crippen LogP contribution in [0.2, 0.25) is 0 Å². The summed E-state index contributed by atoms with van der Waals surface area (Å²) in [6, 6.07) is 11.4. The Bertz CT molecular complexity index is 237. The molecule has 0 bridgehead atoms. The van der Waals surface area contributed by atoms with E-state index in [1.807, 2.05) is 0 Å². The summed E-state index contributed by atoms with van der Waals surface area (Å²) >= 11 is 0. The Morgan fingerprint density at radius 1 is 1.08 bits per heavy atom. The fourth-order valence-corrected chi connectivity index (χ4v) is 1.99. The van der Waals surface area contributed by atoms with E-state index in [2.05, 4.69) is 35.6 Å². The zero-order chi connectivity index (χ0) is 8.93. The summed E-state index contributed by atoms with van der Waals surface area (Å²) in [7, 11) is 0. The Balaban J connectivity index is 1.79. The van der Waals surface area contributed by atoms with Gasteiger partial charge in [0.15, 0.2) is 0 Å². The van der Waals surface area contributed by atoms with E-state index in [0.29, 0.717) is 0 Å². The molecule has 0 radical (unpaired) electrons. The van der Waals surface area contributed by atoms with Crippen molar-refractivity contribution in [1.29, 1.82) is 0 Å². The molecule has 0 amide bonds. The van der Waals surface area contributed by atoms with Gasteiger partial charge in [0.2, 0.25) is 0 Å². The molecule has 70 valence electrons. The zero-order valence-corrected chi connectivity index (χ0v) is 8.00. The van der Waals surface area contributed by atoms with E-state index in [1.54, 1.807) is 0 Å². The number of nitrogens with one attached hydrogen (secondary N) is 1. The van der Waals surface area contributed by atoms with Gasteiger partial charge in [0.1, 0.15) is 0 Å². The second-order valence-corrected chi connectivity index (χ2v) is 3.85. The molecule has 0 saturated heterocycles. The van der Waals surface area contributed by atoms with Gasteiger partial charge in [0.05, 0.1) is 0 Å². The molecule has 1 aromatic rings. The third-order valence-corrected chi connectivity index (χ3v) is 2.79. The van der Waals surface area contributed by atoms with Gasteiger partial charge in [0.25, 0.3) is 0 Å². The lowest BCUT2D eigenvalue weighted by molar-refractivity contribution is 0.524. The van der Waals surface area contributed by atoms with E-state index in [4.69, 9.17) is 0 Å². The summed E-state index contributed by atoms with van der Waals surface area (Å²) in [6.45, 7) is 1.03. The fourth-order valence-electron chi connectivity index (χ4n) is 1.99. The molecule has 1 aliphatic rings. The smallest absolute Gasteiger partial charge is 0.0208 e. The number of hydrogen-bond acceptors (Lipinski definition) is 1. The van der Waals surface area contributed by atoms with Gasteiger partial charge in [0, 0.05) is 12.6 Å². The van der Waals surface area contributed by atoms with Gasteiger partial charge in [-0.1, -0.05) is 43.2 Å². The second-order valence-electron chi connectivity index (χ2n) is 3.85. The average molecular weight is 175 g/mol. The van der Waals surface area contributed by atoms with Crippen LogP contribution in [0.4, 0.5) is 0 Å². The van der Waals surface area contributed by atoms with Crippen LogP contribution in [0.1, 0.15) is 31.2 Å². The highest BCUT2D eigenvalue weighted by molar-refractivity contribution is 5.14. The van der Waals surface area contributed by atoms with E-state index in [9.17, 15) is 0 Å². The lowest BCUT2D eigenvalue weighted by Gasteiger charge is -2.11. The summed E-state index contributed by atoms with van der Waals surface area (Å²) in [6.07, 6.45) is 5.55. The Kier molecular flexibility index (Phi) is 2.98. The first-order valence-corrected chi connectivity index (χ1v) is 5.22. The summed E-state index contributed by atoms with van der Waals surface area (Å²) in [4.78, 5) is 0. The molecule has 0 spiro atoms. The molecule has 1 nitrogen and oxygen atoms in total. The van der Waals surface area contributed by atoms with Crippen molar-refractivity contribution >= 4 is 0 Å². The maximum Gasteiger partial charge on any atom is 0.0208 e. The third-order valence-electron chi connectivity index (χ3n) is 2.79. The van der Waals surface area contributed by atoms with E-state index in [1.165, 1.54) is 31.2 Å². The first-order valence-electron chi connectivity index (χ1n) is 5.22. The van der Waals surface area contributed by atoms with Gasteiger partial charge in [-0.2, -0.15) is 0 Å². The van der Waals surface area contributed by atoms with Crippen molar-refractivity contribution in [2.24, 2.45) is 0 Å². The van der Waals surface area contributed by atoms with Crippen molar-refractivity contribution in [3.05, 3.63) is 35.9 Å². The summed E-state index contributed by atoms with van der Waals surface area (Å²) in [5.74, 6) is 0. The van der Waals surface area contributed by atoms with Crippen molar-refractivity contribution in [3.63, 3.8) is 0 Å². The predicted octanol–water partition coefficient (Wildman–Crippen LogP) is 2.72. The number of benzene rings is 1. The van der Waals surface area contributed by atoms with Crippen LogP contribution < -0.4 is 5.32 Å². The highest BCUT2D eigenvalue weighted by Gasteiger charge is 2.13. The standard InChI is InChI=1S/C12H17N/c1-2-6-11(7-3-1)10-13-12-8-4-5-9-12/h1-3,6-7,12-13H,4-5,8-10H2. The number of hydrogen-bond donors (Lipinski definition) is 1. The Morgan fingerprint density at radius 3 is 2.46 bits per heavy atom. The topological polar surface area (TPSA) is 12.0 Å². The highest BCUT2D eigenvalue weighted by atomic mass is 14.9. The quantitative estimate of drug-likeness (QED) is 0.744.